The zero-order valence-electron chi connectivity index (χ0n) is 10.2. The summed E-state index contributed by atoms with van der Waals surface area (Å²) in [6.07, 6.45) is -3.20. The van der Waals surface area contributed by atoms with Gasteiger partial charge in [-0.15, -0.1) is 0 Å². The Bertz CT molecular complexity index is 663. The van der Waals surface area contributed by atoms with Gasteiger partial charge in [-0.3, -0.25) is 0 Å². The fourth-order valence-electron chi connectivity index (χ4n) is 1.48. The molecule has 10 heteroatoms. The van der Waals surface area contributed by atoms with E-state index in [-0.39, 0.29) is 11.5 Å². The van der Waals surface area contributed by atoms with E-state index in [0.717, 1.165) is 12.1 Å². The molecule has 1 heterocycles. The van der Waals surface area contributed by atoms with Crippen molar-refractivity contribution < 1.29 is 13.2 Å². The zero-order valence-corrected chi connectivity index (χ0v) is 13.3. The first kappa shape index (κ1) is 16.0. The van der Waals surface area contributed by atoms with Crippen molar-refractivity contribution in [1.82, 2.24) is 9.97 Å². The zero-order chi connectivity index (χ0) is 15.6. The molecule has 0 aliphatic rings. The van der Waals surface area contributed by atoms with Gasteiger partial charge < -0.3 is 10.7 Å². The van der Waals surface area contributed by atoms with E-state index in [4.69, 9.17) is 5.84 Å². The molecule has 0 amide bonds. The van der Waals surface area contributed by atoms with Crippen LogP contribution in [0.5, 0.6) is 0 Å². The number of benzene rings is 1. The van der Waals surface area contributed by atoms with Gasteiger partial charge in [0.05, 0.1) is 11.3 Å². The van der Waals surface area contributed by atoms with E-state index in [1.165, 1.54) is 12.4 Å². The van der Waals surface area contributed by atoms with Gasteiger partial charge in [-0.2, -0.15) is 13.2 Å². The third-order valence-electron chi connectivity index (χ3n) is 2.47. The molecule has 0 unspecified atom stereocenters. The van der Waals surface area contributed by atoms with Crippen molar-refractivity contribution in [1.29, 1.82) is 0 Å². The summed E-state index contributed by atoms with van der Waals surface area (Å²) in [5, 5.41) is 2.79. The quantitative estimate of drug-likeness (QED) is 0.510. The number of alkyl halides is 3. The van der Waals surface area contributed by atoms with Gasteiger partial charge in [0, 0.05) is 4.47 Å². The number of aromatic nitrogens is 2. The van der Waals surface area contributed by atoms with E-state index in [0.29, 0.717) is 14.8 Å². The lowest BCUT2D eigenvalue weighted by molar-refractivity contribution is -0.137. The van der Waals surface area contributed by atoms with E-state index in [1.54, 1.807) is 0 Å². The first-order valence-electron chi connectivity index (χ1n) is 5.44. The highest BCUT2D eigenvalue weighted by Gasteiger charge is 2.31. The van der Waals surface area contributed by atoms with Crippen molar-refractivity contribution in [3.8, 4) is 0 Å². The minimum Gasteiger partial charge on any atom is -0.338 e. The number of rotatable bonds is 3. The average molecular weight is 427 g/mol. The summed E-state index contributed by atoms with van der Waals surface area (Å²) in [5.74, 6) is 5.85. The molecule has 1 aromatic carbocycles. The second kappa shape index (κ2) is 6.16. The van der Waals surface area contributed by atoms with Crippen LogP contribution < -0.4 is 16.6 Å². The maximum Gasteiger partial charge on any atom is 0.416 e. The molecule has 112 valence electrons. The minimum absolute atomic E-state index is 0.215. The van der Waals surface area contributed by atoms with Crippen molar-refractivity contribution >= 4 is 49.2 Å². The van der Waals surface area contributed by atoms with Crippen LogP contribution in [0.15, 0.2) is 33.5 Å². The summed E-state index contributed by atoms with van der Waals surface area (Å²) in [7, 11) is 0. The molecule has 2 rings (SSSR count). The number of nitrogen functional groups attached to an aromatic ring is 1. The van der Waals surface area contributed by atoms with Gasteiger partial charge in [0.1, 0.15) is 16.6 Å². The SMILES string of the molecule is NNc1ncnc(Nc2cc(C(F)(F)F)ccc2Br)c1Br. The number of anilines is 3. The molecule has 0 aliphatic heterocycles. The molecule has 0 bridgehead atoms. The molecular weight excluding hydrogens is 419 g/mol. The number of nitrogens with two attached hydrogens (primary N) is 1. The van der Waals surface area contributed by atoms with E-state index in [2.05, 4.69) is 52.6 Å². The van der Waals surface area contributed by atoms with Crippen LogP contribution in [0.2, 0.25) is 0 Å². The topological polar surface area (TPSA) is 75.9 Å². The first-order valence-corrected chi connectivity index (χ1v) is 7.02. The van der Waals surface area contributed by atoms with Gasteiger partial charge >= 0.3 is 6.18 Å². The summed E-state index contributed by atoms with van der Waals surface area (Å²) in [6.45, 7) is 0. The van der Waals surface area contributed by atoms with Gasteiger partial charge in [-0.05, 0) is 50.1 Å². The lowest BCUT2D eigenvalue weighted by atomic mass is 10.2. The molecule has 1 aromatic heterocycles. The van der Waals surface area contributed by atoms with Crippen LogP contribution in [-0.2, 0) is 6.18 Å². The Balaban J connectivity index is 2.40. The Labute approximate surface area is 134 Å². The summed E-state index contributed by atoms with van der Waals surface area (Å²) in [5.41, 5.74) is 1.79. The van der Waals surface area contributed by atoms with Gasteiger partial charge in [0.25, 0.3) is 0 Å². The van der Waals surface area contributed by atoms with Gasteiger partial charge in [-0.1, -0.05) is 0 Å². The molecule has 5 nitrogen and oxygen atoms in total. The molecule has 4 N–H and O–H groups in total. The normalized spacial score (nSPS) is 11.3. The van der Waals surface area contributed by atoms with Crippen LogP contribution in [0.1, 0.15) is 5.56 Å². The largest absolute Gasteiger partial charge is 0.416 e. The Morgan fingerprint density at radius 3 is 2.38 bits per heavy atom. The van der Waals surface area contributed by atoms with Crippen LogP contribution in [0.3, 0.4) is 0 Å². The molecular formula is C11H8Br2F3N5. The second-order valence-corrected chi connectivity index (χ2v) is 5.49. The highest BCUT2D eigenvalue weighted by atomic mass is 79.9. The molecule has 0 fully saturated rings. The number of nitrogens with one attached hydrogen (secondary N) is 2. The minimum atomic E-state index is -4.43. The lowest BCUT2D eigenvalue weighted by Gasteiger charge is -2.13. The third kappa shape index (κ3) is 3.63. The monoisotopic (exact) mass is 425 g/mol. The first-order chi connectivity index (χ1) is 9.82. The van der Waals surface area contributed by atoms with Crippen molar-refractivity contribution in [2.24, 2.45) is 5.84 Å². The number of hydrogen-bond donors (Lipinski definition) is 3. The standard InChI is InChI=1S/C11H8Br2F3N5/c12-6-2-1-5(11(14,15)16)3-7(6)20-9-8(13)10(21-17)19-4-18-9/h1-4H,17H2,(H2,18,19,20,21). The molecule has 2 aromatic rings. The summed E-state index contributed by atoms with van der Waals surface area (Å²) < 4.78 is 39.1. The predicted molar refractivity (Wildman–Crippen MR) is 80.0 cm³/mol. The summed E-state index contributed by atoms with van der Waals surface area (Å²) in [6, 6.07) is 3.27. The number of nitrogens with zero attached hydrogens (tertiary/aromatic N) is 2. The molecule has 0 aliphatic carbocycles. The van der Waals surface area contributed by atoms with Crippen molar-refractivity contribution in [2.45, 2.75) is 6.18 Å². The molecule has 0 saturated heterocycles. The van der Waals surface area contributed by atoms with E-state index in [1.807, 2.05) is 0 Å². The van der Waals surface area contributed by atoms with E-state index in [9.17, 15) is 13.2 Å². The van der Waals surface area contributed by atoms with E-state index >= 15 is 0 Å². The Morgan fingerprint density at radius 1 is 1.10 bits per heavy atom. The average Bonchev–Trinajstić information content (AvgIpc) is 2.42. The summed E-state index contributed by atoms with van der Waals surface area (Å²) in [4.78, 5) is 7.80. The van der Waals surface area contributed by atoms with Gasteiger partial charge in [0.2, 0.25) is 0 Å². The third-order valence-corrected chi connectivity index (χ3v) is 3.92. The second-order valence-electron chi connectivity index (χ2n) is 3.85. The molecule has 0 radical (unpaired) electrons. The van der Waals surface area contributed by atoms with Crippen LogP contribution in [-0.4, -0.2) is 9.97 Å². The smallest absolute Gasteiger partial charge is 0.338 e. The maximum atomic E-state index is 12.7. The van der Waals surface area contributed by atoms with Gasteiger partial charge in [-0.25, -0.2) is 15.8 Å². The Kier molecular flexibility index (Phi) is 4.69. The predicted octanol–water partition coefficient (Wildman–Crippen LogP) is 4.05. The highest BCUT2D eigenvalue weighted by Crippen LogP contribution is 2.36. The number of hydrazine groups is 1. The van der Waals surface area contributed by atoms with Crippen LogP contribution in [0.25, 0.3) is 0 Å². The number of halogens is 5. The van der Waals surface area contributed by atoms with Gasteiger partial charge in [0.15, 0.2) is 5.82 Å². The number of hydrogen-bond acceptors (Lipinski definition) is 5. The van der Waals surface area contributed by atoms with Crippen molar-refractivity contribution in [3.63, 3.8) is 0 Å². The Morgan fingerprint density at radius 2 is 1.76 bits per heavy atom. The molecule has 0 saturated carbocycles. The highest BCUT2D eigenvalue weighted by molar-refractivity contribution is 9.11. The Hall–Kier alpha value is -1.39. The maximum absolute atomic E-state index is 12.7. The fourth-order valence-corrected chi connectivity index (χ4v) is 2.25. The molecule has 0 atom stereocenters. The molecule has 0 spiro atoms. The summed E-state index contributed by atoms with van der Waals surface area (Å²) >= 11 is 6.40. The molecule has 21 heavy (non-hydrogen) atoms. The van der Waals surface area contributed by atoms with Crippen molar-refractivity contribution in [3.05, 3.63) is 39.0 Å². The van der Waals surface area contributed by atoms with E-state index < -0.39 is 11.7 Å². The fraction of sp³-hybridized carbons (Fsp3) is 0.0909. The van der Waals surface area contributed by atoms with Crippen molar-refractivity contribution in [2.75, 3.05) is 10.7 Å². The van der Waals surface area contributed by atoms with Crippen LogP contribution >= 0.6 is 31.9 Å². The lowest BCUT2D eigenvalue weighted by Crippen LogP contribution is -2.11. The van der Waals surface area contributed by atoms with Crippen LogP contribution in [0.4, 0.5) is 30.5 Å². The van der Waals surface area contributed by atoms with Crippen LogP contribution in [0, 0.1) is 0 Å².